The first-order valence-electron chi connectivity index (χ1n) is 7.03. The predicted molar refractivity (Wildman–Crippen MR) is 80.3 cm³/mol. The molecular formula is C16H23BrO. The Kier molecular flexibility index (Phi) is 4.71. The van der Waals surface area contributed by atoms with Gasteiger partial charge in [-0.15, -0.1) is 0 Å². The van der Waals surface area contributed by atoms with E-state index in [0.717, 1.165) is 11.7 Å². The normalized spacial score (nSPS) is 24.0. The van der Waals surface area contributed by atoms with Gasteiger partial charge < -0.3 is 4.74 Å². The fraction of sp³-hybridized carbons (Fsp3) is 0.625. The molecule has 0 aromatic heterocycles. The van der Waals surface area contributed by atoms with Gasteiger partial charge in [0.15, 0.2) is 0 Å². The van der Waals surface area contributed by atoms with Crippen molar-refractivity contribution in [3.63, 3.8) is 0 Å². The van der Waals surface area contributed by atoms with Crippen molar-refractivity contribution in [3.05, 3.63) is 27.7 Å². The van der Waals surface area contributed by atoms with Crippen LogP contribution in [0.4, 0.5) is 0 Å². The number of hydrogen-bond acceptors (Lipinski definition) is 1. The first-order valence-corrected chi connectivity index (χ1v) is 7.82. The lowest BCUT2D eigenvalue weighted by atomic mass is 9.86. The van der Waals surface area contributed by atoms with Crippen LogP contribution in [0.25, 0.3) is 0 Å². The van der Waals surface area contributed by atoms with Crippen molar-refractivity contribution < 1.29 is 4.74 Å². The van der Waals surface area contributed by atoms with Crippen LogP contribution >= 0.6 is 15.9 Å². The maximum Gasteiger partial charge on any atom is 0.120 e. The fourth-order valence-corrected chi connectivity index (χ4v) is 3.05. The second kappa shape index (κ2) is 6.10. The molecule has 0 spiro atoms. The largest absolute Gasteiger partial charge is 0.490 e. The highest BCUT2D eigenvalue weighted by molar-refractivity contribution is 9.10. The summed E-state index contributed by atoms with van der Waals surface area (Å²) < 4.78 is 7.34. The Bertz CT molecular complexity index is 383. The number of ether oxygens (including phenoxy) is 1. The van der Waals surface area contributed by atoms with Gasteiger partial charge >= 0.3 is 0 Å². The third-order valence-electron chi connectivity index (χ3n) is 4.08. The molecule has 0 heterocycles. The highest BCUT2D eigenvalue weighted by atomic mass is 79.9. The van der Waals surface area contributed by atoms with Crippen LogP contribution in [0.15, 0.2) is 16.6 Å². The van der Waals surface area contributed by atoms with E-state index in [0.29, 0.717) is 6.10 Å². The molecule has 2 heteroatoms. The second-order valence-corrected chi connectivity index (χ2v) is 6.33. The molecule has 0 radical (unpaired) electrons. The van der Waals surface area contributed by atoms with Crippen LogP contribution in [0.1, 0.15) is 50.2 Å². The van der Waals surface area contributed by atoms with E-state index in [9.17, 15) is 0 Å². The lowest BCUT2D eigenvalue weighted by Gasteiger charge is -2.28. The zero-order valence-corrected chi connectivity index (χ0v) is 13.2. The van der Waals surface area contributed by atoms with Gasteiger partial charge in [-0.25, -0.2) is 0 Å². The molecule has 1 fully saturated rings. The Morgan fingerprint density at radius 1 is 1.11 bits per heavy atom. The quantitative estimate of drug-likeness (QED) is 0.725. The van der Waals surface area contributed by atoms with Gasteiger partial charge in [0.1, 0.15) is 5.75 Å². The highest BCUT2D eigenvalue weighted by Crippen LogP contribution is 2.31. The van der Waals surface area contributed by atoms with Crippen molar-refractivity contribution in [2.45, 2.75) is 59.0 Å². The predicted octanol–water partition coefficient (Wildman–Crippen LogP) is 5.41. The van der Waals surface area contributed by atoms with E-state index in [2.05, 4.69) is 48.8 Å². The monoisotopic (exact) mass is 310 g/mol. The van der Waals surface area contributed by atoms with E-state index in [1.54, 1.807) is 0 Å². The van der Waals surface area contributed by atoms with Crippen molar-refractivity contribution >= 4 is 15.9 Å². The molecular weight excluding hydrogens is 288 g/mol. The van der Waals surface area contributed by atoms with E-state index >= 15 is 0 Å². The molecule has 18 heavy (non-hydrogen) atoms. The van der Waals surface area contributed by atoms with Crippen molar-refractivity contribution in [1.82, 2.24) is 0 Å². The summed E-state index contributed by atoms with van der Waals surface area (Å²) in [7, 11) is 0. The molecule has 0 atom stereocenters. The zero-order valence-electron chi connectivity index (χ0n) is 11.6. The Morgan fingerprint density at radius 3 is 2.17 bits per heavy atom. The average molecular weight is 311 g/mol. The Hall–Kier alpha value is -0.500. The highest BCUT2D eigenvalue weighted by Gasteiger charge is 2.21. The van der Waals surface area contributed by atoms with Gasteiger partial charge in [-0.05, 0) is 68.7 Å². The molecule has 1 saturated carbocycles. The first-order chi connectivity index (χ1) is 8.60. The van der Waals surface area contributed by atoms with Crippen LogP contribution in [0.5, 0.6) is 5.75 Å². The van der Waals surface area contributed by atoms with Gasteiger partial charge in [0, 0.05) is 4.47 Å². The third kappa shape index (κ3) is 3.28. The standard InChI is InChI=1S/C16H23BrO/c1-4-13-5-7-14(8-6-13)18-15-9-11(2)16(17)12(3)10-15/h9-10,13-14H,4-8H2,1-3H3. The topological polar surface area (TPSA) is 9.23 Å². The van der Waals surface area contributed by atoms with Crippen molar-refractivity contribution in [2.75, 3.05) is 0 Å². The zero-order chi connectivity index (χ0) is 13.1. The minimum atomic E-state index is 0.424. The molecule has 100 valence electrons. The van der Waals surface area contributed by atoms with E-state index in [-0.39, 0.29) is 0 Å². The molecule has 0 amide bonds. The lowest BCUT2D eigenvalue weighted by molar-refractivity contribution is 0.130. The first kappa shape index (κ1) is 13.9. The number of aryl methyl sites for hydroxylation is 2. The molecule has 2 rings (SSSR count). The third-order valence-corrected chi connectivity index (χ3v) is 5.33. The van der Waals surface area contributed by atoms with Crippen molar-refractivity contribution in [2.24, 2.45) is 5.92 Å². The molecule has 0 saturated heterocycles. The van der Waals surface area contributed by atoms with Crippen LogP contribution in [0.3, 0.4) is 0 Å². The smallest absolute Gasteiger partial charge is 0.120 e. The number of hydrogen-bond donors (Lipinski definition) is 0. The summed E-state index contributed by atoms with van der Waals surface area (Å²) >= 11 is 3.60. The molecule has 1 aliphatic carbocycles. The second-order valence-electron chi connectivity index (χ2n) is 5.54. The van der Waals surface area contributed by atoms with Gasteiger partial charge in [0.05, 0.1) is 6.10 Å². The van der Waals surface area contributed by atoms with Crippen LogP contribution in [0.2, 0.25) is 0 Å². The maximum atomic E-state index is 6.14. The summed E-state index contributed by atoms with van der Waals surface area (Å²) in [4.78, 5) is 0. The molecule has 1 aromatic carbocycles. The average Bonchev–Trinajstić information content (AvgIpc) is 2.37. The maximum absolute atomic E-state index is 6.14. The van der Waals surface area contributed by atoms with Crippen molar-refractivity contribution in [3.8, 4) is 5.75 Å². The summed E-state index contributed by atoms with van der Waals surface area (Å²) in [6.07, 6.45) is 6.83. The van der Waals surface area contributed by atoms with Gasteiger partial charge in [0.25, 0.3) is 0 Å². The molecule has 1 nitrogen and oxygen atoms in total. The fourth-order valence-electron chi connectivity index (χ4n) is 2.82. The van der Waals surface area contributed by atoms with Crippen LogP contribution in [-0.4, -0.2) is 6.10 Å². The van der Waals surface area contributed by atoms with Crippen LogP contribution < -0.4 is 4.74 Å². The van der Waals surface area contributed by atoms with E-state index in [4.69, 9.17) is 4.74 Å². The van der Waals surface area contributed by atoms with Gasteiger partial charge in [-0.3, -0.25) is 0 Å². The van der Waals surface area contributed by atoms with Gasteiger partial charge in [0.2, 0.25) is 0 Å². The molecule has 0 N–H and O–H groups in total. The van der Waals surface area contributed by atoms with Crippen LogP contribution in [-0.2, 0) is 0 Å². The van der Waals surface area contributed by atoms with E-state index < -0.39 is 0 Å². The summed E-state index contributed by atoms with van der Waals surface area (Å²) in [6, 6.07) is 4.28. The van der Waals surface area contributed by atoms with Gasteiger partial charge in [-0.1, -0.05) is 29.3 Å². The SMILES string of the molecule is CCC1CCC(Oc2cc(C)c(Br)c(C)c2)CC1. The van der Waals surface area contributed by atoms with Gasteiger partial charge in [-0.2, -0.15) is 0 Å². The molecule has 0 aliphatic heterocycles. The minimum absolute atomic E-state index is 0.424. The van der Waals surface area contributed by atoms with E-state index in [1.165, 1.54) is 47.7 Å². The molecule has 0 unspecified atom stereocenters. The van der Waals surface area contributed by atoms with Crippen LogP contribution in [0, 0.1) is 19.8 Å². The molecule has 1 aromatic rings. The Morgan fingerprint density at radius 2 is 1.67 bits per heavy atom. The lowest BCUT2D eigenvalue weighted by Crippen LogP contribution is -2.23. The Balaban J connectivity index is 1.98. The minimum Gasteiger partial charge on any atom is -0.490 e. The summed E-state index contributed by atoms with van der Waals surface area (Å²) in [5.74, 6) is 1.96. The van der Waals surface area contributed by atoms with Crippen molar-refractivity contribution in [1.29, 1.82) is 0 Å². The summed E-state index contributed by atoms with van der Waals surface area (Å²) in [5.41, 5.74) is 2.51. The molecule has 1 aliphatic rings. The molecule has 0 bridgehead atoms. The number of benzene rings is 1. The van der Waals surface area contributed by atoms with E-state index in [1.807, 2.05) is 0 Å². The Labute approximate surface area is 119 Å². The number of halogens is 1. The number of rotatable bonds is 3. The summed E-state index contributed by atoms with van der Waals surface area (Å²) in [6.45, 7) is 6.54. The summed E-state index contributed by atoms with van der Waals surface area (Å²) in [5, 5.41) is 0.